The third-order valence-corrected chi connectivity index (χ3v) is 3.04. The molecule has 0 aromatic carbocycles. The van der Waals surface area contributed by atoms with E-state index in [4.69, 9.17) is 10.2 Å². The second-order valence-corrected chi connectivity index (χ2v) is 4.84. The molecule has 0 amide bonds. The van der Waals surface area contributed by atoms with Gasteiger partial charge in [-0.25, -0.2) is 0 Å². The van der Waals surface area contributed by atoms with Gasteiger partial charge in [-0.3, -0.25) is 0 Å². The standard InChI is InChI=1S/C16H30O2/c17-15-13-11-9-7-5-3-1-2-4-6-8-10-12-14-16-18/h17-18H,3-16H2. The molecule has 0 bridgehead atoms. The fraction of sp³-hybridized carbons (Fsp3) is 0.875. The van der Waals surface area contributed by atoms with E-state index in [-0.39, 0.29) is 0 Å². The van der Waals surface area contributed by atoms with Gasteiger partial charge < -0.3 is 10.2 Å². The summed E-state index contributed by atoms with van der Waals surface area (Å²) in [5.74, 6) is 6.48. The number of hydrogen-bond donors (Lipinski definition) is 2. The van der Waals surface area contributed by atoms with Crippen molar-refractivity contribution in [1.82, 2.24) is 0 Å². The average molecular weight is 254 g/mol. The first-order valence-electron chi connectivity index (χ1n) is 7.59. The summed E-state index contributed by atoms with van der Waals surface area (Å²) in [6, 6.07) is 0. The van der Waals surface area contributed by atoms with Crippen LogP contribution in [0.25, 0.3) is 0 Å². The summed E-state index contributed by atoms with van der Waals surface area (Å²) in [5.41, 5.74) is 0. The molecule has 0 heterocycles. The average Bonchev–Trinajstić information content (AvgIpc) is 2.39. The Hall–Kier alpha value is -0.520. The van der Waals surface area contributed by atoms with Gasteiger partial charge in [-0.15, -0.1) is 11.8 Å². The molecule has 2 nitrogen and oxygen atoms in total. The van der Waals surface area contributed by atoms with Crippen molar-refractivity contribution in [2.75, 3.05) is 13.2 Å². The van der Waals surface area contributed by atoms with Crippen LogP contribution in [-0.4, -0.2) is 23.4 Å². The summed E-state index contributed by atoms with van der Waals surface area (Å²) < 4.78 is 0. The van der Waals surface area contributed by atoms with Gasteiger partial charge in [0, 0.05) is 26.1 Å². The van der Waals surface area contributed by atoms with Crippen molar-refractivity contribution in [3.8, 4) is 11.8 Å². The molecule has 2 heteroatoms. The van der Waals surface area contributed by atoms with Crippen LogP contribution in [0, 0.1) is 11.8 Å². The monoisotopic (exact) mass is 254 g/mol. The SMILES string of the molecule is OCCCCCCCC#CCCCCCCCO. The Morgan fingerprint density at radius 3 is 1.17 bits per heavy atom. The summed E-state index contributed by atoms with van der Waals surface area (Å²) in [7, 11) is 0. The first-order chi connectivity index (χ1) is 8.91. The lowest BCUT2D eigenvalue weighted by Crippen LogP contribution is -1.83. The van der Waals surface area contributed by atoms with Gasteiger partial charge in [0.15, 0.2) is 0 Å². The minimum absolute atomic E-state index is 0.331. The Kier molecular flexibility index (Phi) is 16.0. The van der Waals surface area contributed by atoms with E-state index in [1.807, 2.05) is 0 Å². The molecule has 0 unspecified atom stereocenters. The highest BCUT2D eigenvalue weighted by Crippen LogP contribution is 2.05. The van der Waals surface area contributed by atoms with E-state index in [1.165, 1.54) is 38.5 Å². The van der Waals surface area contributed by atoms with E-state index in [0.717, 1.165) is 38.5 Å². The Bertz CT molecular complexity index is 183. The first kappa shape index (κ1) is 17.5. The van der Waals surface area contributed by atoms with E-state index < -0.39 is 0 Å². The van der Waals surface area contributed by atoms with Gasteiger partial charge in [-0.1, -0.05) is 38.5 Å². The number of unbranched alkanes of at least 4 members (excludes halogenated alkanes) is 10. The van der Waals surface area contributed by atoms with Crippen LogP contribution in [0.15, 0.2) is 0 Å². The molecule has 0 aliphatic heterocycles. The Morgan fingerprint density at radius 1 is 0.444 bits per heavy atom. The predicted octanol–water partition coefficient (Wildman–Crippen LogP) is 3.66. The molecule has 0 saturated carbocycles. The van der Waals surface area contributed by atoms with Crippen LogP contribution in [0.5, 0.6) is 0 Å². The third kappa shape index (κ3) is 15.5. The van der Waals surface area contributed by atoms with Crippen LogP contribution >= 0.6 is 0 Å². The van der Waals surface area contributed by atoms with Crippen molar-refractivity contribution in [2.24, 2.45) is 0 Å². The second-order valence-electron chi connectivity index (χ2n) is 4.84. The van der Waals surface area contributed by atoms with Gasteiger partial charge in [0.25, 0.3) is 0 Å². The van der Waals surface area contributed by atoms with Crippen molar-refractivity contribution in [1.29, 1.82) is 0 Å². The van der Waals surface area contributed by atoms with Crippen molar-refractivity contribution in [3.05, 3.63) is 0 Å². The third-order valence-electron chi connectivity index (χ3n) is 3.04. The van der Waals surface area contributed by atoms with Crippen molar-refractivity contribution in [2.45, 2.75) is 77.0 Å². The lowest BCUT2D eigenvalue weighted by atomic mass is 10.1. The quantitative estimate of drug-likeness (QED) is 0.412. The molecule has 18 heavy (non-hydrogen) atoms. The maximum absolute atomic E-state index is 8.62. The lowest BCUT2D eigenvalue weighted by molar-refractivity contribution is 0.282. The van der Waals surface area contributed by atoms with E-state index >= 15 is 0 Å². The minimum Gasteiger partial charge on any atom is -0.396 e. The summed E-state index contributed by atoms with van der Waals surface area (Å²) in [6.07, 6.45) is 13.6. The molecule has 0 saturated heterocycles. The topological polar surface area (TPSA) is 40.5 Å². The van der Waals surface area contributed by atoms with Gasteiger partial charge in [0.05, 0.1) is 0 Å². The molecule has 0 fully saturated rings. The van der Waals surface area contributed by atoms with Crippen molar-refractivity contribution < 1.29 is 10.2 Å². The maximum Gasteiger partial charge on any atom is 0.0431 e. The molecular formula is C16H30O2. The Balaban J connectivity index is 3.05. The van der Waals surface area contributed by atoms with Crippen molar-refractivity contribution in [3.63, 3.8) is 0 Å². The van der Waals surface area contributed by atoms with E-state index in [0.29, 0.717) is 13.2 Å². The van der Waals surface area contributed by atoms with Gasteiger partial charge in [0.1, 0.15) is 0 Å². The van der Waals surface area contributed by atoms with Gasteiger partial charge >= 0.3 is 0 Å². The number of rotatable bonds is 12. The highest BCUT2D eigenvalue weighted by Gasteiger charge is 1.89. The zero-order valence-electron chi connectivity index (χ0n) is 11.8. The molecule has 0 radical (unpaired) electrons. The second kappa shape index (κ2) is 16.5. The van der Waals surface area contributed by atoms with Crippen molar-refractivity contribution >= 4 is 0 Å². The lowest BCUT2D eigenvalue weighted by Gasteiger charge is -1.97. The smallest absolute Gasteiger partial charge is 0.0431 e. The highest BCUT2D eigenvalue weighted by molar-refractivity contribution is 4.98. The molecule has 0 aliphatic rings. The zero-order chi connectivity index (χ0) is 13.3. The summed E-state index contributed by atoms with van der Waals surface area (Å²) in [6.45, 7) is 0.663. The van der Waals surface area contributed by atoms with Gasteiger partial charge in [-0.05, 0) is 25.7 Å². The number of hydrogen-bond acceptors (Lipinski definition) is 2. The molecule has 0 aromatic heterocycles. The Morgan fingerprint density at radius 2 is 0.778 bits per heavy atom. The van der Waals surface area contributed by atoms with Crippen LogP contribution in [-0.2, 0) is 0 Å². The molecule has 2 N–H and O–H groups in total. The largest absolute Gasteiger partial charge is 0.396 e. The van der Waals surface area contributed by atoms with Crippen LogP contribution in [0.1, 0.15) is 77.0 Å². The molecule has 106 valence electrons. The molecular weight excluding hydrogens is 224 g/mol. The minimum atomic E-state index is 0.331. The number of aliphatic hydroxyl groups is 2. The Labute approximate surface area is 113 Å². The number of aliphatic hydroxyl groups excluding tert-OH is 2. The van der Waals surface area contributed by atoms with E-state index in [9.17, 15) is 0 Å². The van der Waals surface area contributed by atoms with Crippen LogP contribution in [0.2, 0.25) is 0 Å². The molecule has 0 atom stereocenters. The summed E-state index contributed by atoms with van der Waals surface area (Å²) in [5, 5.41) is 17.2. The first-order valence-corrected chi connectivity index (χ1v) is 7.59. The normalized spacial score (nSPS) is 10.1. The van der Waals surface area contributed by atoms with Crippen LogP contribution in [0.3, 0.4) is 0 Å². The summed E-state index contributed by atoms with van der Waals surface area (Å²) >= 11 is 0. The fourth-order valence-corrected chi connectivity index (χ4v) is 1.89. The predicted molar refractivity (Wildman–Crippen MR) is 77.4 cm³/mol. The van der Waals surface area contributed by atoms with Crippen LogP contribution < -0.4 is 0 Å². The molecule has 0 rings (SSSR count). The molecule has 0 aromatic rings. The zero-order valence-corrected chi connectivity index (χ0v) is 11.8. The van der Waals surface area contributed by atoms with Crippen LogP contribution in [0.4, 0.5) is 0 Å². The maximum atomic E-state index is 8.62. The molecule has 0 spiro atoms. The van der Waals surface area contributed by atoms with Gasteiger partial charge in [0.2, 0.25) is 0 Å². The van der Waals surface area contributed by atoms with E-state index in [2.05, 4.69) is 11.8 Å². The van der Waals surface area contributed by atoms with Gasteiger partial charge in [-0.2, -0.15) is 0 Å². The highest BCUT2D eigenvalue weighted by atomic mass is 16.3. The summed E-state index contributed by atoms with van der Waals surface area (Å²) in [4.78, 5) is 0. The van der Waals surface area contributed by atoms with E-state index in [1.54, 1.807) is 0 Å². The molecule has 0 aliphatic carbocycles. The fourth-order valence-electron chi connectivity index (χ4n) is 1.89.